The first kappa shape index (κ1) is 25.4. The molecule has 8 nitrogen and oxygen atoms in total. The molecule has 1 aromatic rings. The largest absolute Gasteiger partial charge is 0.481 e. The summed E-state index contributed by atoms with van der Waals surface area (Å²) in [6, 6.07) is 7.84. The normalized spacial score (nSPS) is 29.8. The van der Waals surface area contributed by atoms with Gasteiger partial charge in [-0.05, 0) is 31.2 Å². The van der Waals surface area contributed by atoms with Crippen LogP contribution in [0.1, 0.15) is 44.6 Å². The Morgan fingerprint density at radius 3 is 2.69 bits per heavy atom. The number of benzene rings is 1. The molecule has 2 unspecified atom stereocenters. The van der Waals surface area contributed by atoms with Crippen LogP contribution in [0.15, 0.2) is 43.0 Å². The lowest BCUT2D eigenvalue weighted by molar-refractivity contribution is -0.153. The van der Waals surface area contributed by atoms with Crippen molar-refractivity contribution in [3.63, 3.8) is 0 Å². The van der Waals surface area contributed by atoms with Gasteiger partial charge in [0.15, 0.2) is 0 Å². The zero-order chi connectivity index (χ0) is 25.2. The quantitative estimate of drug-likeness (QED) is 0.348. The lowest BCUT2D eigenvalue weighted by Crippen LogP contribution is -2.59. The molecule has 0 saturated carbocycles. The van der Waals surface area contributed by atoms with Crippen LogP contribution < -0.4 is 0 Å². The van der Waals surface area contributed by atoms with E-state index in [1.807, 2.05) is 30.3 Å². The number of unbranched alkanes of at least 4 members (excludes halogenated alkanes) is 2. The average Bonchev–Trinajstić information content (AvgIpc) is 3.50. The van der Waals surface area contributed by atoms with Crippen molar-refractivity contribution in [3.8, 4) is 0 Å². The van der Waals surface area contributed by atoms with Crippen LogP contribution in [0.5, 0.6) is 0 Å². The second kappa shape index (κ2) is 10.5. The molecule has 8 heteroatoms. The summed E-state index contributed by atoms with van der Waals surface area (Å²) in [5, 5.41) is 20.4. The van der Waals surface area contributed by atoms with E-state index in [0.717, 1.165) is 24.8 Å². The number of hydrogen-bond acceptors (Lipinski definition) is 5. The molecule has 2 amide bonds. The average molecular weight is 485 g/mol. The summed E-state index contributed by atoms with van der Waals surface area (Å²) in [7, 11) is 0. The van der Waals surface area contributed by atoms with Gasteiger partial charge in [0.05, 0.1) is 30.6 Å². The number of hydrogen-bond donors (Lipinski definition) is 2. The Bertz CT molecular complexity index is 952. The van der Waals surface area contributed by atoms with Crippen LogP contribution in [0.3, 0.4) is 0 Å². The summed E-state index contributed by atoms with van der Waals surface area (Å²) in [6.45, 7) is 6.40. The molecule has 190 valence electrons. The third-order valence-corrected chi connectivity index (χ3v) is 7.87. The summed E-state index contributed by atoms with van der Waals surface area (Å²) in [6.07, 6.45) is 5.19. The van der Waals surface area contributed by atoms with Gasteiger partial charge in [0.2, 0.25) is 11.8 Å². The minimum atomic E-state index is -1.18. The van der Waals surface area contributed by atoms with Crippen molar-refractivity contribution in [1.29, 1.82) is 0 Å². The van der Waals surface area contributed by atoms with Crippen LogP contribution in [0.2, 0.25) is 0 Å². The Kier molecular flexibility index (Phi) is 7.62. The first-order valence-corrected chi connectivity index (χ1v) is 12.7. The minimum Gasteiger partial charge on any atom is -0.481 e. The number of nitrogens with zero attached hydrogens (tertiary/aromatic N) is 2. The van der Waals surface area contributed by atoms with E-state index in [0.29, 0.717) is 32.4 Å². The van der Waals surface area contributed by atoms with Crippen molar-refractivity contribution in [2.75, 3.05) is 19.7 Å². The summed E-state index contributed by atoms with van der Waals surface area (Å²) in [5.41, 5.74) is -0.262. The molecule has 2 bridgehead atoms. The van der Waals surface area contributed by atoms with Gasteiger partial charge in [-0.3, -0.25) is 14.4 Å². The topological polar surface area (TPSA) is 107 Å². The van der Waals surface area contributed by atoms with Crippen LogP contribution in [0.25, 0.3) is 0 Å². The van der Waals surface area contributed by atoms with Crippen LogP contribution in [-0.2, 0) is 25.5 Å². The van der Waals surface area contributed by atoms with E-state index in [1.165, 1.54) is 4.90 Å². The SMILES string of the molecule is C=CCN(CCCCC)C(=O)C1N([C@@H](CO)Cc2ccccc2)C(=O)[C@@H]2[C@H](C(=O)O)[C@@H]3CCC12O3. The maximum Gasteiger partial charge on any atom is 0.310 e. The Balaban J connectivity index is 1.74. The molecule has 2 N–H and O–H groups in total. The monoisotopic (exact) mass is 484 g/mol. The molecule has 4 rings (SSSR count). The van der Waals surface area contributed by atoms with Gasteiger partial charge in [-0.2, -0.15) is 0 Å². The highest BCUT2D eigenvalue weighted by atomic mass is 16.5. The van der Waals surface area contributed by atoms with Gasteiger partial charge in [-0.15, -0.1) is 6.58 Å². The molecule has 3 fully saturated rings. The first-order chi connectivity index (χ1) is 16.9. The molecular formula is C27H36N2O6. The van der Waals surface area contributed by atoms with E-state index in [2.05, 4.69) is 13.5 Å². The molecular weight excluding hydrogens is 448 g/mol. The lowest BCUT2D eigenvalue weighted by atomic mass is 9.70. The third-order valence-electron chi connectivity index (χ3n) is 7.87. The number of likely N-dealkylation sites (tertiary alicyclic amines) is 1. The number of amides is 2. The molecule has 0 aliphatic carbocycles. The number of fused-ring (bicyclic) bond motifs is 1. The van der Waals surface area contributed by atoms with E-state index in [4.69, 9.17) is 4.74 Å². The number of carboxylic acids is 1. The molecule has 1 aromatic carbocycles. The summed E-state index contributed by atoms with van der Waals surface area (Å²) < 4.78 is 6.29. The van der Waals surface area contributed by atoms with E-state index in [1.54, 1.807) is 11.0 Å². The van der Waals surface area contributed by atoms with Gasteiger partial charge in [0, 0.05) is 13.1 Å². The van der Waals surface area contributed by atoms with Crippen molar-refractivity contribution in [2.24, 2.45) is 11.8 Å². The van der Waals surface area contributed by atoms with Gasteiger partial charge in [-0.25, -0.2) is 0 Å². The summed E-state index contributed by atoms with van der Waals surface area (Å²) in [4.78, 5) is 43.4. The molecule has 3 aliphatic heterocycles. The maximum atomic E-state index is 14.1. The molecule has 1 spiro atoms. The minimum absolute atomic E-state index is 0.255. The highest BCUT2D eigenvalue weighted by Crippen LogP contribution is 2.59. The van der Waals surface area contributed by atoms with Crippen molar-refractivity contribution in [1.82, 2.24) is 9.80 Å². The van der Waals surface area contributed by atoms with Gasteiger partial charge in [0.25, 0.3) is 0 Å². The predicted molar refractivity (Wildman–Crippen MR) is 129 cm³/mol. The highest BCUT2D eigenvalue weighted by Gasteiger charge is 2.75. The number of aliphatic carboxylic acids is 1. The number of aliphatic hydroxyl groups is 1. The van der Waals surface area contributed by atoms with Crippen LogP contribution in [-0.4, -0.2) is 81.3 Å². The van der Waals surface area contributed by atoms with E-state index >= 15 is 0 Å². The Morgan fingerprint density at radius 1 is 1.31 bits per heavy atom. The van der Waals surface area contributed by atoms with E-state index in [-0.39, 0.29) is 12.5 Å². The first-order valence-electron chi connectivity index (χ1n) is 12.7. The fourth-order valence-electron chi connectivity index (χ4n) is 6.36. The van der Waals surface area contributed by atoms with Gasteiger partial charge >= 0.3 is 5.97 Å². The van der Waals surface area contributed by atoms with Gasteiger partial charge in [0.1, 0.15) is 11.6 Å². The summed E-state index contributed by atoms with van der Waals surface area (Å²) >= 11 is 0. The maximum absolute atomic E-state index is 14.1. The zero-order valence-corrected chi connectivity index (χ0v) is 20.3. The third kappa shape index (κ3) is 4.38. The number of aliphatic hydroxyl groups excluding tert-OH is 1. The smallest absolute Gasteiger partial charge is 0.310 e. The van der Waals surface area contributed by atoms with Gasteiger partial charge in [-0.1, -0.05) is 56.2 Å². The highest BCUT2D eigenvalue weighted by molar-refractivity contribution is 5.98. The molecule has 0 aromatic heterocycles. The molecule has 0 radical (unpaired) electrons. The Morgan fingerprint density at radius 2 is 2.06 bits per heavy atom. The standard InChI is InChI=1S/C27H36N2O6/c1-3-5-9-15-28(14-4-2)25(32)23-27-13-12-20(35-27)21(26(33)34)22(27)24(31)29(23)19(17-30)16-18-10-7-6-8-11-18/h4,6-8,10-11,19-23,30H,2-3,5,9,12-17H2,1H3,(H,33,34)/t19-,20+,21-,22+,23?,27?/m1/s1. The fourth-order valence-corrected chi connectivity index (χ4v) is 6.36. The van der Waals surface area contributed by atoms with Crippen LogP contribution >= 0.6 is 0 Å². The second-order valence-electron chi connectivity index (χ2n) is 9.95. The number of rotatable bonds is 12. The van der Waals surface area contributed by atoms with Gasteiger partial charge < -0.3 is 24.7 Å². The Hall–Kier alpha value is -2.71. The van der Waals surface area contributed by atoms with Crippen LogP contribution in [0, 0.1) is 11.8 Å². The number of carbonyl (C=O) groups excluding carboxylic acids is 2. The van der Waals surface area contributed by atoms with E-state index < -0.39 is 47.5 Å². The molecule has 3 heterocycles. The molecule has 35 heavy (non-hydrogen) atoms. The second-order valence-corrected chi connectivity index (χ2v) is 9.95. The van der Waals surface area contributed by atoms with Crippen molar-refractivity contribution in [3.05, 3.63) is 48.6 Å². The van der Waals surface area contributed by atoms with Crippen molar-refractivity contribution < 1.29 is 29.3 Å². The molecule has 6 atom stereocenters. The number of ether oxygens (including phenoxy) is 1. The molecule has 3 aliphatic rings. The van der Waals surface area contributed by atoms with E-state index in [9.17, 15) is 24.6 Å². The number of carbonyl (C=O) groups is 3. The fraction of sp³-hybridized carbons (Fsp3) is 0.593. The van der Waals surface area contributed by atoms with Crippen molar-refractivity contribution >= 4 is 17.8 Å². The predicted octanol–water partition coefficient (Wildman–Crippen LogP) is 2.25. The summed E-state index contributed by atoms with van der Waals surface area (Å²) in [5.74, 6) is -3.65. The molecule has 3 saturated heterocycles. The zero-order valence-electron chi connectivity index (χ0n) is 20.3. The number of carboxylic acid groups (broad SMARTS) is 1. The van der Waals surface area contributed by atoms with Crippen molar-refractivity contribution in [2.45, 2.75) is 69.2 Å². The van der Waals surface area contributed by atoms with Crippen LogP contribution in [0.4, 0.5) is 0 Å². The Labute approximate surface area is 206 Å². The lowest BCUT2D eigenvalue weighted by Gasteiger charge is -2.39.